The quantitative estimate of drug-likeness (QED) is 0.230. The van der Waals surface area contributed by atoms with E-state index in [9.17, 15) is 0 Å². The summed E-state index contributed by atoms with van der Waals surface area (Å²) in [6, 6.07) is 0. The highest BCUT2D eigenvalue weighted by Crippen LogP contribution is 2.53. The molecule has 0 spiro atoms. The summed E-state index contributed by atoms with van der Waals surface area (Å²) in [5.41, 5.74) is 0. The first-order valence-corrected chi connectivity index (χ1v) is 22.9. The molecular weight excluding hydrogens is 565 g/mol. The van der Waals surface area contributed by atoms with E-state index in [0.717, 1.165) is 35.5 Å². The Morgan fingerprint density at radius 2 is 0.468 bits per heavy atom. The predicted molar refractivity (Wildman–Crippen MR) is 206 cm³/mol. The monoisotopic (exact) mass is 647 g/mol. The van der Waals surface area contributed by atoms with E-state index in [1.165, 1.54) is 146 Å². The van der Waals surface area contributed by atoms with Gasteiger partial charge in [0.2, 0.25) is 0 Å². The fourth-order valence-electron chi connectivity index (χ4n) is 12.7. The number of hydrogen-bond donors (Lipinski definition) is 0. The van der Waals surface area contributed by atoms with Gasteiger partial charge in [-0.25, -0.2) is 0 Å². The molecule has 0 aliphatic heterocycles. The van der Waals surface area contributed by atoms with Crippen LogP contribution in [0.1, 0.15) is 225 Å². The molecule has 0 amide bonds. The van der Waals surface area contributed by atoms with Gasteiger partial charge in [0.1, 0.15) is 0 Å². The van der Waals surface area contributed by atoms with Crippen LogP contribution >= 0.6 is 0 Å². The van der Waals surface area contributed by atoms with Gasteiger partial charge in [0.25, 0.3) is 0 Å². The Balaban J connectivity index is 0.000000106. The van der Waals surface area contributed by atoms with Crippen molar-refractivity contribution in [3.05, 3.63) is 12.2 Å². The molecular formula is C47H82. The second kappa shape index (κ2) is 20.6. The Morgan fingerprint density at radius 1 is 0.213 bits per heavy atom. The van der Waals surface area contributed by atoms with Crippen LogP contribution in [0, 0.1) is 59.2 Å². The van der Waals surface area contributed by atoms with Gasteiger partial charge in [-0.1, -0.05) is 186 Å². The minimum Gasteiger partial charge on any atom is -0.0883 e. The Bertz CT molecular complexity index is 709. The third kappa shape index (κ3) is 13.4. The number of fused-ring (bicyclic) bond motifs is 14. The molecule has 0 N–H and O–H groups in total. The van der Waals surface area contributed by atoms with Crippen molar-refractivity contribution in [3.8, 4) is 0 Å². The van der Waals surface area contributed by atoms with Crippen molar-refractivity contribution < 1.29 is 0 Å². The summed E-state index contributed by atoms with van der Waals surface area (Å²) in [6.45, 7) is 0. The van der Waals surface area contributed by atoms with E-state index >= 15 is 0 Å². The first-order valence-electron chi connectivity index (χ1n) is 22.9. The molecule has 11 saturated carbocycles. The van der Waals surface area contributed by atoms with Crippen LogP contribution in [0.5, 0.6) is 0 Å². The predicted octanol–water partition coefficient (Wildman–Crippen LogP) is 15.4. The summed E-state index contributed by atoms with van der Waals surface area (Å²) in [6.07, 6.45) is 58.5. The topological polar surface area (TPSA) is 0 Å². The molecule has 0 aromatic heterocycles. The summed E-state index contributed by atoms with van der Waals surface area (Å²) in [5.74, 6) is 11.3. The van der Waals surface area contributed by atoms with Gasteiger partial charge < -0.3 is 0 Å². The van der Waals surface area contributed by atoms with E-state index in [0.29, 0.717) is 0 Å². The maximum atomic E-state index is 2.44. The lowest BCUT2D eigenvalue weighted by Crippen LogP contribution is -2.38. The van der Waals surface area contributed by atoms with Gasteiger partial charge >= 0.3 is 0 Å². The molecule has 0 unspecified atom stereocenters. The smallest absolute Gasteiger partial charge is 0.0322 e. The Hall–Kier alpha value is -0.260. The molecule has 13 rings (SSSR count). The first kappa shape index (κ1) is 36.5. The van der Waals surface area contributed by atoms with Crippen LogP contribution < -0.4 is 0 Å². The fourth-order valence-corrected chi connectivity index (χ4v) is 12.7. The van der Waals surface area contributed by atoms with Gasteiger partial charge in [-0.3, -0.25) is 0 Å². The second-order valence-electron chi connectivity index (χ2n) is 19.4. The van der Waals surface area contributed by atoms with Crippen molar-refractivity contribution in [2.45, 2.75) is 225 Å². The summed E-state index contributed by atoms with van der Waals surface area (Å²) >= 11 is 0. The average Bonchev–Trinajstić information content (AvgIpc) is 3.92. The zero-order valence-corrected chi connectivity index (χ0v) is 31.7. The lowest BCUT2D eigenvalue weighted by molar-refractivity contribution is 0.0198. The van der Waals surface area contributed by atoms with Gasteiger partial charge in [0, 0.05) is 0 Å². The maximum absolute atomic E-state index is 2.44. The third-order valence-electron chi connectivity index (χ3n) is 15.3. The lowest BCUT2D eigenvalue weighted by Gasteiger charge is -2.49. The van der Waals surface area contributed by atoms with Crippen LogP contribution in [0.2, 0.25) is 0 Å². The summed E-state index contributed by atoms with van der Waals surface area (Å²) in [4.78, 5) is 0. The molecule has 13 aliphatic rings. The molecule has 0 atom stereocenters. The molecule has 0 saturated heterocycles. The number of hydrogen-bond acceptors (Lipinski definition) is 0. The van der Waals surface area contributed by atoms with Crippen LogP contribution in [0.3, 0.4) is 0 Å². The molecule has 47 heavy (non-hydrogen) atoms. The highest BCUT2D eigenvalue weighted by Gasteiger charge is 2.41. The van der Waals surface area contributed by atoms with Crippen molar-refractivity contribution in [3.63, 3.8) is 0 Å². The van der Waals surface area contributed by atoms with Crippen molar-refractivity contribution in [2.75, 3.05) is 0 Å². The molecule has 0 radical (unpaired) electrons. The Labute approximate surface area is 295 Å². The standard InChI is InChI=1S/C12H22.C12H20.C10H16.C10H18.C3H6/c2*1-2-6-12-9-3-7-11(5-1)8-4-10-12;1-7-2-9-4-8(1)5-10(3-7)6-9;1-2-6-10-8-4-3-7-9(10)5-1;1-2-3-1/h11-12H,1-10H2;1-2,11-12H,3-10H2;7-10H,1-6H2;9-10H,1-8H2;1-3H2. The molecule has 0 nitrogen and oxygen atoms in total. The molecule has 8 bridgehead atoms. The molecule has 13 aliphatic carbocycles. The molecule has 0 aromatic rings. The van der Waals surface area contributed by atoms with E-state index in [-0.39, 0.29) is 0 Å². The van der Waals surface area contributed by atoms with Crippen molar-refractivity contribution in [2.24, 2.45) is 59.2 Å². The van der Waals surface area contributed by atoms with E-state index < -0.39 is 0 Å². The highest BCUT2D eigenvalue weighted by atomic mass is 14.5. The zero-order valence-electron chi connectivity index (χ0n) is 31.7. The van der Waals surface area contributed by atoms with Gasteiger partial charge in [-0.05, 0) is 111 Å². The zero-order chi connectivity index (χ0) is 31.9. The minimum atomic E-state index is 1.03. The maximum Gasteiger partial charge on any atom is -0.0322 e. The normalized spacial score (nSPS) is 41.5. The van der Waals surface area contributed by atoms with E-state index in [4.69, 9.17) is 0 Å². The number of rotatable bonds is 0. The molecule has 0 aromatic carbocycles. The molecule has 11 fully saturated rings. The molecule has 0 heteroatoms. The van der Waals surface area contributed by atoms with Crippen molar-refractivity contribution in [1.29, 1.82) is 0 Å². The minimum absolute atomic E-state index is 1.03. The Morgan fingerprint density at radius 3 is 0.766 bits per heavy atom. The van der Waals surface area contributed by atoms with E-state index in [1.807, 2.05) is 0 Å². The fraction of sp³-hybridized carbons (Fsp3) is 0.957. The van der Waals surface area contributed by atoms with Crippen LogP contribution in [0.25, 0.3) is 0 Å². The van der Waals surface area contributed by atoms with Gasteiger partial charge in [-0.2, -0.15) is 0 Å². The first-order chi connectivity index (χ1) is 23.3. The van der Waals surface area contributed by atoms with Crippen LogP contribution in [-0.4, -0.2) is 0 Å². The largest absolute Gasteiger partial charge is 0.0883 e. The lowest BCUT2D eigenvalue weighted by atomic mass is 9.56. The Kier molecular flexibility index (Phi) is 16.0. The average molecular weight is 647 g/mol. The van der Waals surface area contributed by atoms with Crippen LogP contribution in [0.15, 0.2) is 12.2 Å². The number of allylic oxidation sites excluding steroid dienone is 2. The summed E-state index contributed by atoms with van der Waals surface area (Å²) < 4.78 is 0. The van der Waals surface area contributed by atoms with Crippen LogP contribution in [-0.2, 0) is 0 Å². The van der Waals surface area contributed by atoms with Crippen LogP contribution in [0.4, 0.5) is 0 Å². The second-order valence-corrected chi connectivity index (χ2v) is 19.4. The molecule has 270 valence electrons. The van der Waals surface area contributed by atoms with E-state index in [2.05, 4.69) is 12.2 Å². The van der Waals surface area contributed by atoms with Crippen molar-refractivity contribution >= 4 is 0 Å². The van der Waals surface area contributed by atoms with Crippen molar-refractivity contribution in [1.82, 2.24) is 0 Å². The highest BCUT2D eigenvalue weighted by molar-refractivity contribution is 4.93. The molecule has 0 heterocycles. The van der Waals surface area contributed by atoms with Gasteiger partial charge in [-0.15, -0.1) is 0 Å². The third-order valence-corrected chi connectivity index (χ3v) is 15.3. The SMILES string of the molecule is C1=CCC2CCCC(C1)CCC2.C1C2CC3CC1CC(C2)C3.C1CC1.C1CCC2CCCC(C1)CCC2.C1CCC2CCCCC2C1. The van der Waals surface area contributed by atoms with Gasteiger partial charge in [0.15, 0.2) is 0 Å². The van der Waals surface area contributed by atoms with E-state index in [1.54, 1.807) is 103 Å². The summed E-state index contributed by atoms with van der Waals surface area (Å²) in [7, 11) is 0. The van der Waals surface area contributed by atoms with Gasteiger partial charge in [0.05, 0.1) is 0 Å². The summed E-state index contributed by atoms with van der Waals surface area (Å²) in [5, 5.41) is 0.